The van der Waals surface area contributed by atoms with Crippen LogP contribution in [0.2, 0.25) is 0 Å². The molecule has 1 amide bonds. The minimum atomic E-state index is -4.78. The van der Waals surface area contributed by atoms with Crippen LogP contribution in [0.15, 0.2) is 77.7 Å². The summed E-state index contributed by atoms with van der Waals surface area (Å²) >= 11 is 0. The van der Waals surface area contributed by atoms with Crippen LogP contribution in [0.4, 0.5) is 18.9 Å². The molecular formula is C24H23F3N2O4S. The molecule has 6 nitrogen and oxygen atoms in total. The molecule has 180 valence electrons. The average molecular weight is 493 g/mol. The first-order valence-corrected chi connectivity index (χ1v) is 11.8. The largest absolute Gasteiger partial charge is 0.573 e. The van der Waals surface area contributed by atoms with Crippen molar-refractivity contribution < 1.29 is 32.5 Å². The number of rotatable bonds is 7. The van der Waals surface area contributed by atoms with E-state index in [4.69, 9.17) is 0 Å². The number of benzene rings is 3. The van der Waals surface area contributed by atoms with E-state index in [0.29, 0.717) is 24.1 Å². The van der Waals surface area contributed by atoms with Gasteiger partial charge in [0.05, 0.1) is 10.3 Å². The fourth-order valence-electron chi connectivity index (χ4n) is 3.72. The van der Waals surface area contributed by atoms with Gasteiger partial charge < -0.3 is 10.1 Å². The van der Waals surface area contributed by atoms with Crippen LogP contribution >= 0.6 is 0 Å². The van der Waals surface area contributed by atoms with E-state index in [9.17, 15) is 26.4 Å². The molecule has 10 heteroatoms. The third kappa shape index (κ3) is 5.07. The Labute approximate surface area is 196 Å². The number of hydrogen-bond acceptors (Lipinski definition) is 4. The lowest BCUT2D eigenvalue weighted by Crippen LogP contribution is -2.27. The van der Waals surface area contributed by atoms with Crippen molar-refractivity contribution in [3.05, 3.63) is 78.4 Å². The molecule has 3 aromatic carbocycles. The Morgan fingerprint density at radius 2 is 1.62 bits per heavy atom. The maximum absolute atomic E-state index is 13.1. The van der Waals surface area contributed by atoms with Gasteiger partial charge in [-0.3, -0.25) is 4.79 Å². The first-order chi connectivity index (χ1) is 16.0. The molecule has 1 fully saturated rings. The van der Waals surface area contributed by atoms with Crippen LogP contribution in [-0.2, 0) is 20.2 Å². The van der Waals surface area contributed by atoms with Gasteiger partial charge in [-0.15, -0.1) is 13.2 Å². The monoisotopic (exact) mass is 492 g/mol. The van der Waals surface area contributed by atoms with Crippen LogP contribution < -0.4 is 14.8 Å². The molecule has 0 saturated heterocycles. The van der Waals surface area contributed by atoms with E-state index in [1.807, 2.05) is 6.07 Å². The molecule has 0 radical (unpaired) electrons. The maximum atomic E-state index is 13.1. The summed E-state index contributed by atoms with van der Waals surface area (Å²) in [6.45, 7) is 0. The van der Waals surface area contributed by atoms with Crippen LogP contribution in [0.25, 0.3) is 11.1 Å². The highest BCUT2D eigenvalue weighted by molar-refractivity contribution is 7.89. The number of carbonyl (C=O) groups is 1. The van der Waals surface area contributed by atoms with Crippen LogP contribution in [0.1, 0.15) is 19.8 Å². The zero-order valence-corrected chi connectivity index (χ0v) is 18.8. The summed E-state index contributed by atoms with van der Waals surface area (Å²) in [5.41, 5.74) is 1.93. The number of halogens is 3. The van der Waals surface area contributed by atoms with E-state index < -0.39 is 21.8 Å². The quantitative estimate of drug-likeness (QED) is 0.482. The predicted molar refractivity (Wildman–Crippen MR) is 123 cm³/mol. The molecule has 1 saturated carbocycles. The van der Waals surface area contributed by atoms with Gasteiger partial charge >= 0.3 is 6.36 Å². The molecule has 0 aromatic heterocycles. The molecule has 4 rings (SSSR count). The lowest BCUT2D eigenvalue weighted by atomic mass is 9.94. The lowest BCUT2D eigenvalue weighted by Gasteiger charge is -2.17. The third-order valence-corrected chi connectivity index (χ3v) is 7.14. The molecule has 0 atom stereocenters. The van der Waals surface area contributed by atoms with Crippen molar-refractivity contribution in [2.75, 3.05) is 12.4 Å². The van der Waals surface area contributed by atoms with E-state index >= 15 is 0 Å². The highest BCUT2D eigenvalue weighted by atomic mass is 32.2. The third-order valence-electron chi connectivity index (χ3n) is 5.71. The second-order valence-electron chi connectivity index (χ2n) is 7.92. The van der Waals surface area contributed by atoms with Gasteiger partial charge in [0.2, 0.25) is 15.9 Å². The summed E-state index contributed by atoms with van der Waals surface area (Å²) in [6.07, 6.45) is -3.61. The fourth-order valence-corrected chi connectivity index (χ4v) is 4.45. The number of alkyl halides is 3. The molecule has 2 N–H and O–H groups in total. The first-order valence-electron chi connectivity index (χ1n) is 10.3. The molecule has 0 unspecified atom stereocenters. The minimum absolute atomic E-state index is 0. The van der Waals surface area contributed by atoms with Crippen molar-refractivity contribution in [2.45, 2.75) is 29.5 Å². The second kappa shape index (κ2) is 8.77. The van der Waals surface area contributed by atoms with Gasteiger partial charge in [-0.25, -0.2) is 13.1 Å². The van der Waals surface area contributed by atoms with Crippen molar-refractivity contribution in [1.29, 1.82) is 0 Å². The van der Waals surface area contributed by atoms with Crippen molar-refractivity contribution in [2.24, 2.45) is 0 Å². The molecule has 0 spiro atoms. The Hall–Kier alpha value is -3.37. The first kappa shape index (κ1) is 23.8. The summed E-state index contributed by atoms with van der Waals surface area (Å²) in [5, 5.41) is 2.89. The average Bonchev–Trinajstić information content (AvgIpc) is 3.61. The Morgan fingerprint density at radius 3 is 2.18 bits per heavy atom. The van der Waals surface area contributed by atoms with Gasteiger partial charge in [-0.1, -0.05) is 36.4 Å². The van der Waals surface area contributed by atoms with E-state index in [-0.39, 0.29) is 18.0 Å². The van der Waals surface area contributed by atoms with Crippen LogP contribution in [0.3, 0.4) is 0 Å². The molecule has 0 heterocycles. The highest BCUT2D eigenvalue weighted by Gasteiger charge is 2.51. The number of amides is 1. The van der Waals surface area contributed by atoms with E-state index in [1.165, 1.54) is 43.4 Å². The normalized spacial score (nSPS) is 14.9. The van der Waals surface area contributed by atoms with Crippen LogP contribution in [-0.4, -0.2) is 27.7 Å². The topological polar surface area (TPSA) is 84.5 Å². The molecule has 0 bridgehead atoms. The smallest absolute Gasteiger partial charge is 0.406 e. The van der Waals surface area contributed by atoms with E-state index in [2.05, 4.69) is 14.8 Å². The van der Waals surface area contributed by atoms with Gasteiger partial charge in [0, 0.05) is 7.11 Å². The molecule has 1 aliphatic rings. The predicted octanol–water partition coefficient (Wildman–Crippen LogP) is 5.08. The van der Waals surface area contributed by atoms with E-state index in [0.717, 1.165) is 11.1 Å². The lowest BCUT2D eigenvalue weighted by molar-refractivity contribution is -0.274. The summed E-state index contributed by atoms with van der Waals surface area (Å²) in [7, 11) is -2.20. The summed E-state index contributed by atoms with van der Waals surface area (Å²) in [5.74, 6) is -0.585. The van der Waals surface area contributed by atoms with Gasteiger partial charge in [0.25, 0.3) is 0 Å². The van der Waals surface area contributed by atoms with Crippen LogP contribution in [0.5, 0.6) is 5.75 Å². The Balaban J connectivity index is 0.00000342. The highest BCUT2D eigenvalue weighted by Crippen LogP contribution is 2.49. The number of hydrogen-bond donors (Lipinski definition) is 2. The van der Waals surface area contributed by atoms with Crippen molar-refractivity contribution in [1.82, 2.24) is 4.72 Å². The van der Waals surface area contributed by atoms with Gasteiger partial charge in [0.15, 0.2) is 0 Å². The zero-order valence-electron chi connectivity index (χ0n) is 18.0. The Bertz CT molecular complexity index is 1310. The number of anilines is 1. The number of ether oxygens (including phenoxy) is 1. The Morgan fingerprint density at radius 1 is 0.971 bits per heavy atom. The minimum Gasteiger partial charge on any atom is -0.406 e. The molecule has 1 aliphatic carbocycles. The zero-order chi connectivity index (χ0) is 24.6. The SMILES string of the molecule is CNS(=O)(=O)c1ccc(-c2cccc(NC(=O)C3(c4ccc(OC(F)(F)F)cc4)CC3)c2)cc1.[HH]. The van der Waals surface area contributed by atoms with Crippen molar-refractivity contribution >= 4 is 21.6 Å². The Kier molecular flexibility index (Phi) is 6.13. The summed E-state index contributed by atoms with van der Waals surface area (Å²) in [6, 6.07) is 18.8. The van der Waals surface area contributed by atoms with Crippen molar-refractivity contribution in [3.63, 3.8) is 0 Å². The summed E-state index contributed by atoms with van der Waals surface area (Å²) in [4.78, 5) is 13.2. The van der Waals surface area contributed by atoms with Gasteiger partial charge in [0.1, 0.15) is 5.75 Å². The molecule has 0 aliphatic heterocycles. The van der Waals surface area contributed by atoms with E-state index in [1.54, 1.807) is 30.3 Å². The van der Waals surface area contributed by atoms with Gasteiger partial charge in [-0.05, 0) is 73.0 Å². The fraction of sp³-hybridized carbons (Fsp3) is 0.208. The molecular weight excluding hydrogens is 469 g/mol. The molecule has 3 aromatic rings. The summed E-state index contributed by atoms with van der Waals surface area (Å²) < 4.78 is 67.1. The number of nitrogens with one attached hydrogen (secondary N) is 2. The maximum Gasteiger partial charge on any atom is 0.573 e. The van der Waals surface area contributed by atoms with Gasteiger partial charge in [-0.2, -0.15) is 0 Å². The van der Waals surface area contributed by atoms with Crippen molar-refractivity contribution in [3.8, 4) is 16.9 Å². The number of sulfonamides is 1. The standard InChI is InChI=1S/C24H21F3N2O4S.H2/c1-28-34(31,32)21-11-5-16(6-12-21)17-3-2-4-19(15-17)29-22(30)23(13-14-23)18-7-9-20(10-8-18)33-24(25,26)27;/h2-12,15,28H,13-14H2,1H3,(H,29,30);1H. The molecule has 34 heavy (non-hydrogen) atoms. The second-order valence-corrected chi connectivity index (χ2v) is 9.81. The van der Waals surface area contributed by atoms with Crippen LogP contribution in [0, 0.1) is 0 Å². The number of carbonyl (C=O) groups excluding carboxylic acids is 1.